The van der Waals surface area contributed by atoms with Crippen LogP contribution in [0.3, 0.4) is 0 Å². The molecule has 16 heavy (non-hydrogen) atoms. The number of hydrogen-bond donors (Lipinski definition) is 1. The van der Waals surface area contributed by atoms with E-state index in [0.29, 0.717) is 32.3 Å². The maximum absolute atomic E-state index is 12.1. The number of carbonyl (C=O) groups is 1. The number of amides is 1. The quantitative estimate of drug-likeness (QED) is 0.702. The zero-order valence-electron chi connectivity index (χ0n) is 9.59. The van der Waals surface area contributed by atoms with Gasteiger partial charge in [-0.05, 0) is 12.3 Å². The van der Waals surface area contributed by atoms with Crippen LogP contribution >= 0.6 is 0 Å². The van der Waals surface area contributed by atoms with Crippen LogP contribution in [-0.4, -0.2) is 61.0 Å². The van der Waals surface area contributed by atoms with Crippen LogP contribution in [0.25, 0.3) is 0 Å². The molecule has 0 radical (unpaired) electrons. The molecule has 0 saturated carbocycles. The summed E-state index contributed by atoms with van der Waals surface area (Å²) >= 11 is 0. The Hall–Kier alpha value is -0.650. The van der Waals surface area contributed by atoms with Gasteiger partial charge in [-0.3, -0.25) is 4.79 Å². The van der Waals surface area contributed by atoms with Crippen LogP contribution in [-0.2, 0) is 14.3 Å². The molecule has 0 aromatic carbocycles. The molecule has 2 rings (SSSR count). The number of ether oxygens (including phenoxy) is 2. The number of aliphatic hydroxyl groups excluding tert-OH is 1. The largest absolute Gasteiger partial charge is 0.394 e. The van der Waals surface area contributed by atoms with Gasteiger partial charge in [-0.2, -0.15) is 0 Å². The van der Waals surface area contributed by atoms with Gasteiger partial charge in [0.15, 0.2) is 6.10 Å². The van der Waals surface area contributed by atoms with Crippen LogP contribution in [0.2, 0.25) is 0 Å². The van der Waals surface area contributed by atoms with E-state index in [-0.39, 0.29) is 18.6 Å². The smallest absolute Gasteiger partial charge is 0.254 e. The van der Waals surface area contributed by atoms with E-state index in [4.69, 9.17) is 9.47 Å². The summed E-state index contributed by atoms with van der Waals surface area (Å²) in [4.78, 5) is 13.9. The lowest BCUT2D eigenvalue weighted by molar-refractivity contribution is -0.159. The summed E-state index contributed by atoms with van der Waals surface area (Å²) in [7, 11) is 0. The number of hydrogen-bond acceptors (Lipinski definition) is 4. The third-order valence-electron chi connectivity index (χ3n) is 3.44. The molecule has 2 fully saturated rings. The summed E-state index contributed by atoms with van der Waals surface area (Å²) < 4.78 is 10.6. The molecule has 2 aliphatic heterocycles. The van der Waals surface area contributed by atoms with Gasteiger partial charge in [-0.15, -0.1) is 0 Å². The van der Waals surface area contributed by atoms with E-state index in [1.165, 1.54) is 0 Å². The van der Waals surface area contributed by atoms with Gasteiger partial charge in [0.25, 0.3) is 5.91 Å². The minimum atomic E-state index is -0.479. The van der Waals surface area contributed by atoms with E-state index >= 15 is 0 Å². The molecule has 0 aromatic rings. The average Bonchev–Trinajstić information content (AvgIpc) is 2.70. The molecule has 0 aliphatic carbocycles. The van der Waals surface area contributed by atoms with Crippen molar-refractivity contribution < 1.29 is 19.4 Å². The lowest BCUT2D eigenvalue weighted by Crippen LogP contribution is -2.49. The Morgan fingerprint density at radius 1 is 1.50 bits per heavy atom. The minimum absolute atomic E-state index is 0.0283. The second kappa shape index (κ2) is 5.12. The van der Waals surface area contributed by atoms with E-state index in [1.807, 2.05) is 0 Å². The Kier molecular flexibility index (Phi) is 3.78. The maximum Gasteiger partial charge on any atom is 0.254 e. The SMILES string of the molecule is CC1CCN(C(=O)C2COCCO2)C1CO. The van der Waals surface area contributed by atoms with Crippen molar-refractivity contribution in [2.45, 2.75) is 25.5 Å². The van der Waals surface area contributed by atoms with Crippen molar-refractivity contribution in [2.75, 3.05) is 33.0 Å². The Morgan fingerprint density at radius 2 is 2.31 bits per heavy atom. The average molecular weight is 229 g/mol. The molecule has 1 N–H and O–H groups in total. The van der Waals surface area contributed by atoms with Crippen molar-refractivity contribution in [1.82, 2.24) is 4.90 Å². The summed E-state index contributed by atoms with van der Waals surface area (Å²) in [6.07, 6.45) is 0.470. The lowest BCUT2D eigenvalue weighted by Gasteiger charge is -2.30. The first kappa shape index (κ1) is 11.8. The van der Waals surface area contributed by atoms with Crippen molar-refractivity contribution in [3.05, 3.63) is 0 Å². The highest BCUT2D eigenvalue weighted by atomic mass is 16.6. The van der Waals surface area contributed by atoms with E-state index in [0.717, 1.165) is 6.42 Å². The van der Waals surface area contributed by atoms with E-state index in [2.05, 4.69) is 6.92 Å². The molecule has 2 heterocycles. The van der Waals surface area contributed by atoms with Gasteiger partial charge in [0.2, 0.25) is 0 Å². The van der Waals surface area contributed by atoms with Crippen LogP contribution in [0.5, 0.6) is 0 Å². The molecular formula is C11H19NO4. The normalized spacial score (nSPS) is 35.4. The Bertz CT molecular complexity index is 252. The van der Waals surface area contributed by atoms with E-state index in [9.17, 15) is 9.90 Å². The van der Waals surface area contributed by atoms with Gasteiger partial charge in [0, 0.05) is 6.54 Å². The molecule has 0 bridgehead atoms. The molecule has 1 amide bonds. The monoisotopic (exact) mass is 229 g/mol. The van der Waals surface area contributed by atoms with Crippen molar-refractivity contribution in [1.29, 1.82) is 0 Å². The predicted octanol–water partition coefficient (Wildman–Crippen LogP) is -0.369. The van der Waals surface area contributed by atoms with Crippen molar-refractivity contribution in [2.24, 2.45) is 5.92 Å². The van der Waals surface area contributed by atoms with Gasteiger partial charge >= 0.3 is 0 Å². The summed E-state index contributed by atoms with van der Waals surface area (Å²) in [5.74, 6) is 0.321. The molecule has 2 aliphatic rings. The standard InChI is InChI=1S/C11H19NO4/c1-8-2-3-12(9(8)6-13)11(14)10-7-15-4-5-16-10/h8-10,13H,2-7H2,1H3. The Labute approximate surface area is 95.3 Å². The first-order valence-corrected chi connectivity index (χ1v) is 5.84. The first-order valence-electron chi connectivity index (χ1n) is 5.84. The molecule has 0 aromatic heterocycles. The van der Waals surface area contributed by atoms with Gasteiger partial charge in [0.05, 0.1) is 32.5 Å². The van der Waals surface area contributed by atoms with Gasteiger partial charge in [-0.25, -0.2) is 0 Å². The molecule has 3 unspecified atom stereocenters. The number of carbonyl (C=O) groups excluding carboxylic acids is 1. The summed E-state index contributed by atoms with van der Waals surface area (Å²) in [6.45, 7) is 4.17. The number of aliphatic hydroxyl groups is 1. The van der Waals surface area contributed by atoms with Crippen LogP contribution in [0, 0.1) is 5.92 Å². The fourth-order valence-electron chi connectivity index (χ4n) is 2.38. The maximum atomic E-state index is 12.1. The second-order valence-corrected chi connectivity index (χ2v) is 4.48. The third kappa shape index (κ3) is 2.21. The lowest BCUT2D eigenvalue weighted by atomic mass is 10.0. The highest BCUT2D eigenvalue weighted by molar-refractivity contribution is 5.81. The molecule has 3 atom stereocenters. The van der Waals surface area contributed by atoms with Gasteiger partial charge in [0.1, 0.15) is 0 Å². The fourth-order valence-corrected chi connectivity index (χ4v) is 2.38. The third-order valence-corrected chi connectivity index (χ3v) is 3.44. The molecular weight excluding hydrogens is 210 g/mol. The topological polar surface area (TPSA) is 59.0 Å². The highest BCUT2D eigenvalue weighted by Crippen LogP contribution is 2.24. The number of rotatable bonds is 2. The molecule has 0 spiro atoms. The van der Waals surface area contributed by atoms with Crippen molar-refractivity contribution in [3.63, 3.8) is 0 Å². The second-order valence-electron chi connectivity index (χ2n) is 4.48. The summed E-state index contributed by atoms with van der Waals surface area (Å²) in [5.41, 5.74) is 0. The number of nitrogens with zero attached hydrogens (tertiary/aromatic N) is 1. The first-order chi connectivity index (χ1) is 7.74. The summed E-state index contributed by atoms with van der Waals surface area (Å²) in [5, 5.41) is 9.29. The molecule has 2 saturated heterocycles. The Balaban J connectivity index is 1.97. The van der Waals surface area contributed by atoms with Crippen LogP contribution in [0.4, 0.5) is 0 Å². The van der Waals surface area contributed by atoms with Crippen molar-refractivity contribution in [3.8, 4) is 0 Å². The van der Waals surface area contributed by atoms with E-state index < -0.39 is 6.10 Å². The molecule has 5 nitrogen and oxygen atoms in total. The van der Waals surface area contributed by atoms with Crippen LogP contribution < -0.4 is 0 Å². The van der Waals surface area contributed by atoms with Crippen molar-refractivity contribution >= 4 is 5.91 Å². The van der Waals surface area contributed by atoms with Crippen LogP contribution in [0.15, 0.2) is 0 Å². The number of likely N-dealkylation sites (tertiary alicyclic amines) is 1. The highest BCUT2D eigenvalue weighted by Gasteiger charge is 2.37. The van der Waals surface area contributed by atoms with Crippen LogP contribution in [0.1, 0.15) is 13.3 Å². The zero-order valence-corrected chi connectivity index (χ0v) is 9.59. The van der Waals surface area contributed by atoms with Gasteiger partial charge in [-0.1, -0.05) is 6.92 Å². The summed E-state index contributed by atoms with van der Waals surface area (Å²) in [6, 6.07) is -0.0574. The van der Waals surface area contributed by atoms with Gasteiger partial charge < -0.3 is 19.5 Å². The fraction of sp³-hybridized carbons (Fsp3) is 0.909. The molecule has 5 heteroatoms. The predicted molar refractivity (Wildman–Crippen MR) is 56.9 cm³/mol. The molecule has 92 valence electrons. The van der Waals surface area contributed by atoms with E-state index in [1.54, 1.807) is 4.90 Å². The minimum Gasteiger partial charge on any atom is -0.394 e. The zero-order chi connectivity index (χ0) is 11.5. The Morgan fingerprint density at radius 3 is 2.94 bits per heavy atom.